The van der Waals surface area contributed by atoms with Crippen LogP contribution in [0.4, 0.5) is 0 Å². The molecule has 0 amide bonds. The number of aromatic nitrogens is 5. The number of halogens is 1. The van der Waals surface area contributed by atoms with Crippen molar-refractivity contribution in [3.63, 3.8) is 0 Å². The van der Waals surface area contributed by atoms with E-state index in [1.54, 1.807) is 23.1 Å². The van der Waals surface area contributed by atoms with E-state index in [-0.39, 0.29) is 0 Å². The largest absolute Gasteiger partial charge is 0.265 e. The molecule has 5 rings (SSSR count). The highest BCUT2D eigenvalue weighted by atomic mass is 35.5. The lowest BCUT2D eigenvalue weighted by atomic mass is 10.0. The second-order valence-electron chi connectivity index (χ2n) is 6.36. The average molecular weight is 372 g/mol. The number of nitrogens with zero attached hydrogens (tertiary/aromatic N) is 5. The number of aryl methyl sites for hydroxylation is 1. The molecule has 5 nitrogen and oxygen atoms in total. The average Bonchev–Trinajstić information content (AvgIpc) is 3.11. The van der Waals surface area contributed by atoms with Crippen LogP contribution in [0.1, 0.15) is 5.69 Å². The third kappa shape index (κ3) is 2.73. The van der Waals surface area contributed by atoms with E-state index in [1.807, 2.05) is 31.3 Å². The molecule has 0 aliphatic carbocycles. The molecule has 0 N–H and O–H groups in total. The third-order valence-electron chi connectivity index (χ3n) is 4.61. The van der Waals surface area contributed by atoms with Crippen molar-refractivity contribution in [2.24, 2.45) is 0 Å². The number of rotatable bonds is 2. The summed E-state index contributed by atoms with van der Waals surface area (Å²) in [4.78, 5) is 13.1. The standard InChI is InChI=1S/C21H14ClN5/c1-13-18(22)10-21-25-12-20(27(21)26-13)17-8-16-3-2-15(9-19(16)24-11-17)14-4-6-23-7-5-14/h2-12H,1H3. The normalized spacial score (nSPS) is 11.3. The summed E-state index contributed by atoms with van der Waals surface area (Å²) >= 11 is 6.15. The second-order valence-corrected chi connectivity index (χ2v) is 6.77. The monoisotopic (exact) mass is 371 g/mol. The SMILES string of the molecule is Cc1nn2c(-c3cnc4cc(-c5ccncc5)ccc4c3)cnc2cc1Cl. The molecule has 5 aromatic rings. The molecule has 0 spiro atoms. The van der Waals surface area contributed by atoms with Gasteiger partial charge in [0.2, 0.25) is 0 Å². The van der Waals surface area contributed by atoms with Gasteiger partial charge in [-0.3, -0.25) is 9.97 Å². The van der Waals surface area contributed by atoms with Crippen LogP contribution in [0.15, 0.2) is 67.3 Å². The zero-order chi connectivity index (χ0) is 18.4. The van der Waals surface area contributed by atoms with Crippen LogP contribution in [-0.4, -0.2) is 24.6 Å². The minimum atomic E-state index is 0.611. The lowest BCUT2D eigenvalue weighted by Gasteiger charge is -2.06. The van der Waals surface area contributed by atoms with E-state index in [0.717, 1.165) is 39.0 Å². The van der Waals surface area contributed by atoms with E-state index < -0.39 is 0 Å². The second kappa shape index (κ2) is 6.14. The van der Waals surface area contributed by atoms with Crippen molar-refractivity contribution in [1.29, 1.82) is 0 Å². The first-order valence-electron chi connectivity index (χ1n) is 8.50. The first kappa shape index (κ1) is 15.9. The van der Waals surface area contributed by atoms with E-state index >= 15 is 0 Å². The Hall–Kier alpha value is -3.31. The Balaban J connectivity index is 1.62. The van der Waals surface area contributed by atoms with Gasteiger partial charge in [-0.05, 0) is 42.3 Å². The Labute approximate surface area is 160 Å². The Morgan fingerprint density at radius 1 is 0.852 bits per heavy atom. The fourth-order valence-corrected chi connectivity index (χ4v) is 3.30. The Bertz CT molecular complexity index is 1290. The summed E-state index contributed by atoms with van der Waals surface area (Å²) in [5.41, 5.74) is 6.50. The maximum atomic E-state index is 6.15. The van der Waals surface area contributed by atoms with Crippen molar-refractivity contribution in [3.8, 4) is 22.4 Å². The maximum absolute atomic E-state index is 6.15. The van der Waals surface area contributed by atoms with Crippen LogP contribution in [0.2, 0.25) is 5.02 Å². The van der Waals surface area contributed by atoms with Gasteiger partial charge in [-0.15, -0.1) is 0 Å². The number of benzene rings is 1. The fraction of sp³-hybridized carbons (Fsp3) is 0.0476. The van der Waals surface area contributed by atoms with Crippen LogP contribution < -0.4 is 0 Å². The van der Waals surface area contributed by atoms with Crippen molar-refractivity contribution < 1.29 is 0 Å². The highest BCUT2D eigenvalue weighted by Gasteiger charge is 2.11. The molecule has 1 aromatic carbocycles. The first-order chi connectivity index (χ1) is 13.2. The van der Waals surface area contributed by atoms with E-state index in [4.69, 9.17) is 11.6 Å². The fourth-order valence-electron chi connectivity index (χ4n) is 3.16. The van der Waals surface area contributed by atoms with Crippen LogP contribution in [0.3, 0.4) is 0 Å². The van der Waals surface area contributed by atoms with Crippen molar-refractivity contribution in [2.45, 2.75) is 6.92 Å². The van der Waals surface area contributed by atoms with Crippen LogP contribution in [0.25, 0.3) is 38.9 Å². The van der Waals surface area contributed by atoms with Crippen molar-refractivity contribution in [3.05, 3.63) is 78.0 Å². The van der Waals surface area contributed by atoms with Crippen LogP contribution in [-0.2, 0) is 0 Å². The third-order valence-corrected chi connectivity index (χ3v) is 4.99. The zero-order valence-corrected chi connectivity index (χ0v) is 15.2. The predicted molar refractivity (Wildman–Crippen MR) is 107 cm³/mol. The van der Waals surface area contributed by atoms with Crippen LogP contribution in [0.5, 0.6) is 0 Å². The quantitative estimate of drug-likeness (QED) is 0.439. The van der Waals surface area contributed by atoms with Crippen molar-refractivity contribution >= 4 is 28.2 Å². The number of hydrogen-bond donors (Lipinski definition) is 0. The summed E-state index contributed by atoms with van der Waals surface area (Å²) in [5.74, 6) is 0. The maximum Gasteiger partial charge on any atom is 0.155 e. The van der Waals surface area contributed by atoms with Gasteiger partial charge < -0.3 is 0 Å². The van der Waals surface area contributed by atoms with E-state index in [1.165, 1.54) is 0 Å². The molecule has 0 aliphatic rings. The Morgan fingerprint density at radius 2 is 1.70 bits per heavy atom. The molecule has 0 aliphatic heterocycles. The number of hydrogen-bond acceptors (Lipinski definition) is 4. The van der Waals surface area contributed by atoms with Gasteiger partial charge in [-0.2, -0.15) is 5.10 Å². The summed E-state index contributed by atoms with van der Waals surface area (Å²) in [6.07, 6.45) is 7.24. The molecular formula is C21H14ClN5. The molecule has 0 bridgehead atoms. The molecule has 4 aromatic heterocycles. The molecule has 6 heteroatoms. The van der Waals surface area contributed by atoms with Gasteiger partial charge in [0, 0.05) is 35.6 Å². The van der Waals surface area contributed by atoms with Crippen molar-refractivity contribution in [2.75, 3.05) is 0 Å². The molecule has 0 unspecified atom stereocenters. The van der Waals surface area contributed by atoms with E-state index in [9.17, 15) is 0 Å². The lowest BCUT2D eigenvalue weighted by Crippen LogP contribution is -1.97. The van der Waals surface area contributed by atoms with E-state index in [2.05, 4.69) is 44.3 Å². The number of fused-ring (bicyclic) bond motifs is 2. The highest BCUT2D eigenvalue weighted by molar-refractivity contribution is 6.31. The highest BCUT2D eigenvalue weighted by Crippen LogP contribution is 2.27. The number of imidazole rings is 1. The van der Waals surface area contributed by atoms with Gasteiger partial charge in [0.05, 0.1) is 28.1 Å². The van der Waals surface area contributed by atoms with Gasteiger partial charge in [-0.1, -0.05) is 23.7 Å². The zero-order valence-electron chi connectivity index (χ0n) is 14.5. The predicted octanol–water partition coefficient (Wildman–Crippen LogP) is 4.97. The molecule has 0 saturated heterocycles. The van der Waals surface area contributed by atoms with Gasteiger partial charge in [0.25, 0.3) is 0 Å². The van der Waals surface area contributed by atoms with Crippen LogP contribution >= 0.6 is 11.6 Å². The summed E-state index contributed by atoms with van der Waals surface area (Å²) in [6.45, 7) is 1.88. The molecule has 0 radical (unpaired) electrons. The molecule has 130 valence electrons. The summed E-state index contributed by atoms with van der Waals surface area (Å²) in [7, 11) is 0. The van der Waals surface area contributed by atoms with Crippen LogP contribution in [0, 0.1) is 6.92 Å². The topological polar surface area (TPSA) is 56.0 Å². The van der Waals surface area contributed by atoms with Gasteiger partial charge >= 0.3 is 0 Å². The summed E-state index contributed by atoms with van der Waals surface area (Å²) in [6, 6.07) is 14.2. The molecular weight excluding hydrogens is 358 g/mol. The van der Waals surface area contributed by atoms with Gasteiger partial charge in [0.1, 0.15) is 0 Å². The summed E-state index contributed by atoms with van der Waals surface area (Å²) in [5, 5.41) is 6.21. The number of pyridine rings is 2. The minimum absolute atomic E-state index is 0.611. The Kier molecular flexibility index (Phi) is 3.62. The molecule has 0 fully saturated rings. The molecule has 0 atom stereocenters. The van der Waals surface area contributed by atoms with E-state index in [0.29, 0.717) is 10.7 Å². The summed E-state index contributed by atoms with van der Waals surface area (Å²) < 4.78 is 1.80. The molecule has 0 saturated carbocycles. The van der Waals surface area contributed by atoms with Crippen molar-refractivity contribution in [1.82, 2.24) is 24.6 Å². The minimum Gasteiger partial charge on any atom is -0.265 e. The lowest BCUT2D eigenvalue weighted by molar-refractivity contribution is 0.907. The molecule has 27 heavy (non-hydrogen) atoms. The Morgan fingerprint density at radius 3 is 2.56 bits per heavy atom. The first-order valence-corrected chi connectivity index (χ1v) is 8.88. The van der Waals surface area contributed by atoms with Gasteiger partial charge in [0.15, 0.2) is 5.65 Å². The smallest absolute Gasteiger partial charge is 0.155 e. The molecule has 4 heterocycles. The van der Waals surface area contributed by atoms with Gasteiger partial charge in [-0.25, -0.2) is 9.50 Å².